The summed E-state index contributed by atoms with van der Waals surface area (Å²) in [6.07, 6.45) is 44.4. The Bertz CT molecular complexity index is 468. The zero-order chi connectivity index (χ0) is 31.7. The third-order valence-electron chi connectivity index (χ3n) is 8.76. The lowest BCUT2D eigenvalue weighted by atomic mass is 10.0. The predicted octanol–water partition coefficient (Wildman–Crippen LogP) is 12.5. The summed E-state index contributed by atoms with van der Waals surface area (Å²) in [5.41, 5.74) is 5.45. The van der Waals surface area contributed by atoms with Crippen LogP contribution in [0, 0.1) is 0 Å². The molecular formula is C39H82N2O2. The van der Waals surface area contributed by atoms with Crippen molar-refractivity contribution < 1.29 is 9.90 Å². The van der Waals surface area contributed by atoms with Gasteiger partial charge in [-0.2, -0.15) is 0 Å². The number of rotatable bonds is 36. The second kappa shape index (κ2) is 43.5. The third-order valence-corrected chi connectivity index (χ3v) is 8.76. The zero-order valence-electron chi connectivity index (χ0n) is 29.9. The number of nitrogens with one attached hydrogen (secondary N) is 1. The number of hydrogen-bond acceptors (Lipinski definition) is 3. The van der Waals surface area contributed by atoms with Crippen LogP contribution in [0.15, 0.2) is 0 Å². The van der Waals surface area contributed by atoms with Gasteiger partial charge >= 0.3 is 5.97 Å². The van der Waals surface area contributed by atoms with E-state index in [0.29, 0.717) is 6.42 Å². The summed E-state index contributed by atoms with van der Waals surface area (Å²) in [4.78, 5) is 10.4. The van der Waals surface area contributed by atoms with Crippen molar-refractivity contribution in [2.75, 3.05) is 19.6 Å². The Morgan fingerprint density at radius 1 is 0.419 bits per heavy atom. The van der Waals surface area contributed by atoms with Crippen molar-refractivity contribution in [1.29, 1.82) is 0 Å². The molecule has 0 aliphatic heterocycles. The van der Waals surface area contributed by atoms with Gasteiger partial charge in [-0.25, -0.2) is 0 Å². The zero-order valence-corrected chi connectivity index (χ0v) is 29.9. The summed E-state index contributed by atoms with van der Waals surface area (Å²) in [7, 11) is 0. The molecule has 0 fully saturated rings. The fraction of sp³-hybridized carbons (Fsp3) is 0.974. The van der Waals surface area contributed by atoms with Gasteiger partial charge in [0, 0.05) is 6.42 Å². The number of aliphatic carboxylic acids is 1. The Labute approximate surface area is 271 Å². The number of carboxylic acids is 1. The van der Waals surface area contributed by atoms with Gasteiger partial charge in [-0.05, 0) is 38.9 Å². The van der Waals surface area contributed by atoms with Crippen LogP contribution in [0.5, 0.6) is 0 Å². The maximum Gasteiger partial charge on any atom is 0.303 e. The summed E-state index contributed by atoms with van der Waals surface area (Å²) in [5.74, 6) is -0.652. The van der Waals surface area contributed by atoms with Gasteiger partial charge in [0.15, 0.2) is 0 Å². The summed E-state index contributed by atoms with van der Waals surface area (Å²) in [5, 5.41) is 12.0. The van der Waals surface area contributed by atoms with E-state index in [1.54, 1.807) is 0 Å². The highest BCUT2D eigenvalue weighted by molar-refractivity contribution is 5.66. The summed E-state index contributed by atoms with van der Waals surface area (Å²) in [6, 6.07) is 0. The molecule has 0 bridgehead atoms. The number of unbranched alkanes of at least 4 members (excludes halogenated alkanes) is 29. The Balaban J connectivity index is 0. The minimum absolute atomic E-state index is 0.346. The van der Waals surface area contributed by atoms with Gasteiger partial charge < -0.3 is 16.2 Å². The Hall–Kier alpha value is -0.610. The highest BCUT2D eigenvalue weighted by Crippen LogP contribution is 2.15. The lowest BCUT2D eigenvalue weighted by Crippen LogP contribution is -2.19. The van der Waals surface area contributed by atoms with Crippen LogP contribution in [0.2, 0.25) is 0 Å². The van der Waals surface area contributed by atoms with Crippen molar-refractivity contribution in [1.82, 2.24) is 5.32 Å². The van der Waals surface area contributed by atoms with E-state index in [2.05, 4.69) is 19.2 Å². The van der Waals surface area contributed by atoms with E-state index in [4.69, 9.17) is 10.8 Å². The number of hydrogen-bond donors (Lipinski definition) is 3. The quantitative estimate of drug-likeness (QED) is 0.0617. The van der Waals surface area contributed by atoms with Crippen LogP contribution in [-0.2, 0) is 4.79 Å². The Morgan fingerprint density at radius 3 is 0.953 bits per heavy atom. The highest BCUT2D eigenvalue weighted by Gasteiger charge is 1.98. The normalized spacial score (nSPS) is 11.0. The van der Waals surface area contributed by atoms with Crippen LogP contribution in [-0.4, -0.2) is 30.7 Å². The first-order valence-corrected chi connectivity index (χ1v) is 19.8. The standard InChI is InChI=1S/C20H40O2.C19H42N2/c1-2-3-4-5-6-7-8-9-10-11-12-13-14-15-16-17-18-19-20(21)22;1-2-3-4-5-6-7-8-9-10-11-12-13-14-15-18-21-19-16-17-20/h2-19H2,1H3,(H,21,22);21H,2-20H2,1H3. The van der Waals surface area contributed by atoms with Gasteiger partial charge in [0.1, 0.15) is 0 Å². The third kappa shape index (κ3) is 48.5. The molecule has 260 valence electrons. The van der Waals surface area contributed by atoms with E-state index < -0.39 is 5.97 Å². The maximum atomic E-state index is 10.4. The van der Waals surface area contributed by atoms with E-state index in [1.807, 2.05) is 0 Å². The highest BCUT2D eigenvalue weighted by atomic mass is 16.4. The second-order valence-corrected chi connectivity index (χ2v) is 13.3. The summed E-state index contributed by atoms with van der Waals surface area (Å²) < 4.78 is 0. The van der Waals surface area contributed by atoms with E-state index in [9.17, 15) is 4.79 Å². The fourth-order valence-corrected chi connectivity index (χ4v) is 5.80. The molecule has 0 saturated heterocycles. The molecule has 0 aliphatic rings. The minimum atomic E-state index is -0.652. The minimum Gasteiger partial charge on any atom is -0.481 e. The lowest BCUT2D eigenvalue weighted by molar-refractivity contribution is -0.137. The average Bonchev–Trinajstić information content (AvgIpc) is 3.00. The van der Waals surface area contributed by atoms with Crippen molar-refractivity contribution in [2.24, 2.45) is 5.73 Å². The summed E-state index contributed by atoms with van der Waals surface area (Å²) >= 11 is 0. The van der Waals surface area contributed by atoms with Crippen LogP contribution in [0.3, 0.4) is 0 Å². The van der Waals surface area contributed by atoms with E-state index >= 15 is 0 Å². The molecule has 4 nitrogen and oxygen atoms in total. The molecule has 0 atom stereocenters. The van der Waals surface area contributed by atoms with Gasteiger partial charge in [0.25, 0.3) is 0 Å². The van der Waals surface area contributed by atoms with Crippen molar-refractivity contribution in [2.45, 2.75) is 226 Å². The van der Waals surface area contributed by atoms with Crippen LogP contribution >= 0.6 is 0 Å². The molecule has 4 heteroatoms. The molecule has 0 aromatic carbocycles. The topological polar surface area (TPSA) is 75.3 Å². The smallest absolute Gasteiger partial charge is 0.303 e. The van der Waals surface area contributed by atoms with Gasteiger partial charge in [-0.15, -0.1) is 0 Å². The molecule has 0 radical (unpaired) electrons. The van der Waals surface area contributed by atoms with Crippen LogP contribution in [0.25, 0.3) is 0 Å². The first-order chi connectivity index (χ1) is 21.2. The van der Waals surface area contributed by atoms with Gasteiger partial charge in [0.2, 0.25) is 0 Å². The van der Waals surface area contributed by atoms with Gasteiger partial charge in [-0.3, -0.25) is 4.79 Å². The molecule has 0 saturated carbocycles. The first kappa shape index (κ1) is 44.5. The predicted molar refractivity (Wildman–Crippen MR) is 193 cm³/mol. The molecule has 0 amide bonds. The SMILES string of the molecule is CCCCCCCCCCCCCCCCCCCC(=O)O.CCCCCCCCCCCCCCCCNCCCN. The largest absolute Gasteiger partial charge is 0.481 e. The lowest BCUT2D eigenvalue weighted by Gasteiger charge is -2.04. The monoisotopic (exact) mass is 611 g/mol. The van der Waals surface area contributed by atoms with Crippen molar-refractivity contribution in [3.63, 3.8) is 0 Å². The van der Waals surface area contributed by atoms with Gasteiger partial charge in [0.05, 0.1) is 0 Å². The van der Waals surface area contributed by atoms with Crippen molar-refractivity contribution >= 4 is 5.97 Å². The second-order valence-electron chi connectivity index (χ2n) is 13.3. The van der Waals surface area contributed by atoms with E-state index in [-0.39, 0.29) is 0 Å². The Kier molecular flexibility index (Phi) is 45.1. The number of nitrogens with two attached hydrogens (primary N) is 1. The molecule has 0 unspecified atom stereocenters. The molecule has 0 spiro atoms. The Morgan fingerprint density at radius 2 is 0.674 bits per heavy atom. The number of carbonyl (C=O) groups is 1. The van der Waals surface area contributed by atoms with Crippen LogP contribution in [0.1, 0.15) is 226 Å². The fourth-order valence-electron chi connectivity index (χ4n) is 5.80. The molecule has 0 aliphatic carbocycles. The van der Waals surface area contributed by atoms with E-state index in [0.717, 1.165) is 32.4 Å². The van der Waals surface area contributed by atoms with Crippen molar-refractivity contribution in [3.05, 3.63) is 0 Å². The van der Waals surface area contributed by atoms with Crippen LogP contribution < -0.4 is 11.1 Å². The molecule has 0 aromatic heterocycles. The maximum absolute atomic E-state index is 10.4. The first-order valence-electron chi connectivity index (χ1n) is 19.8. The molecule has 0 heterocycles. The molecule has 0 rings (SSSR count). The molecule has 43 heavy (non-hydrogen) atoms. The van der Waals surface area contributed by atoms with Crippen LogP contribution in [0.4, 0.5) is 0 Å². The summed E-state index contributed by atoms with van der Waals surface area (Å²) in [6.45, 7) is 7.65. The van der Waals surface area contributed by atoms with Crippen molar-refractivity contribution in [3.8, 4) is 0 Å². The van der Waals surface area contributed by atoms with E-state index in [1.165, 1.54) is 193 Å². The molecule has 0 aromatic rings. The molecule has 4 N–H and O–H groups in total. The van der Waals surface area contributed by atoms with Gasteiger partial charge in [-0.1, -0.05) is 200 Å². The molecular weight excluding hydrogens is 528 g/mol. The number of carboxylic acid groups (broad SMARTS) is 1. The average molecular weight is 611 g/mol.